The van der Waals surface area contributed by atoms with Crippen molar-refractivity contribution in [3.05, 3.63) is 35.7 Å². The van der Waals surface area contributed by atoms with Crippen molar-refractivity contribution in [2.75, 3.05) is 13.1 Å². The minimum absolute atomic E-state index is 0.267. The largest absolute Gasteiger partial charge is 0.338 e. The highest BCUT2D eigenvalue weighted by Crippen LogP contribution is 2.18. The molecule has 0 radical (unpaired) electrons. The van der Waals surface area contributed by atoms with E-state index in [9.17, 15) is 0 Å². The van der Waals surface area contributed by atoms with Gasteiger partial charge in [-0.25, -0.2) is 0 Å². The van der Waals surface area contributed by atoms with Crippen molar-refractivity contribution in [3.63, 3.8) is 0 Å². The molecule has 1 aromatic heterocycles. The van der Waals surface area contributed by atoms with Gasteiger partial charge < -0.3 is 10.3 Å². The van der Waals surface area contributed by atoms with E-state index in [-0.39, 0.29) is 6.04 Å². The zero-order valence-corrected chi connectivity index (χ0v) is 11.7. The molecule has 1 saturated heterocycles. The Balaban J connectivity index is 1.69. The third-order valence-electron chi connectivity index (χ3n) is 3.68. The van der Waals surface area contributed by atoms with E-state index in [1.165, 1.54) is 5.56 Å². The molecule has 1 unspecified atom stereocenters. The van der Waals surface area contributed by atoms with Gasteiger partial charge in [-0.3, -0.25) is 4.90 Å². The monoisotopic (exact) mass is 272 g/mol. The Labute approximate surface area is 118 Å². The van der Waals surface area contributed by atoms with Gasteiger partial charge in [0.1, 0.15) is 0 Å². The second kappa shape index (κ2) is 5.73. The molecule has 0 saturated carbocycles. The lowest BCUT2D eigenvalue weighted by Gasteiger charge is -2.29. The summed E-state index contributed by atoms with van der Waals surface area (Å²) in [5, 5.41) is 4.06. The van der Waals surface area contributed by atoms with E-state index in [2.05, 4.69) is 34.1 Å². The van der Waals surface area contributed by atoms with E-state index in [4.69, 9.17) is 10.3 Å². The van der Waals surface area contributed by atoms with Crippen molar-refractivity contribution in [2.45, 2.75) is 32.4 Å². The van der Waals surface area contributed by atoms with Gasteiger partial charge in [0.05, 0.1) is 6.54 Å². The average molecular weight is 272 g/mol. The molecule has 1 aliphatic heterocycles. The van der Waals surface area contributed by atoms with Crippen molar-refractivity contribution in [1.82, 2.24) is 15.0 Å². The molecular formula is C15H20N4O. The first-order chi connectivity index (χ1) is 9.70. The molecule has 3 rings (SSSR count). The molecule has 106 valence electrons. The Morgan fingerprint density at radius 3 is 2.90 bits per heavy atom. The Hall–Kier alpha value is -1.72. The van der Waals surface area contributed by atoms with Gasteiger partial charge in [0.15, 0.2) is 0 Å². The second-order valence-electron chi connectivity index (χ2n) is 5.52. The fraction of sp³-hybridized carbons (Fsp3) is 0.467. The first-order valence-electron chi connectivity index (χ1n) is 7.08. The normalized spacial score (nSPS) is 20.2. The van der Waals surface area contributed by atoms with Gasteiger partial charge in [-0.1, -0.05) is 35.0 Å². The van der Waals surface area contributed by atoms with Crippen LogP contribution in [-0.4, -0.2) is 34.2 Å². The number of likely N-dealkylation sites (tertiary alicyclic amines) is 1. The van der Waals surface area contributed by atoms with Crippen molar-refractivity contribution >= 4 is 0 Å². The van der Waals surface area contributed by atoms with Crippen LogP contribution in [0.25, 0.3) is 11.4 Å². The number of aromatic nitrogens is 2. The van der Waals surface area contributed by atoms with E-state index in [1.807, 2.05) is 12.1 Å². The van der Waals surface area contributed by atoms with Gasteiger partial charge in [-0.2, -0.15) is 4.98 Å². The predicted molar refractivity (Wildman–Crippen MR) is 77.0 cm³/mol. The summed E-state index contributed by atoms with van der Waals surface area (Å²) in [7, 11) is 0. The van der Waals surface area contributed by atoms with Crippen LogP contribution in [0.5, 0.6) is 0 Å². The molecule has 1 fully saturated rings. The van der Waals surface area contributed by atoms with E-state index in [0.717, 1.165) is 31.5 Å². The van der Waals surface area contributed by atoms with Crippen LogP contribution in [0.3, 0.4) is 0 Å². The lowest BCUT2D eigenvalue weighted by atomic mass is 10.1. The maximum Gasteiger partial charge on any atom is 0.241 e. The molecule has 5 nitrogen and oxygen atoms in total. The van der Waals surface area contributed by atoms with Crippen molar-refractivity contribution < 1.29 is 4.52 Å². The van der Waals surface area contributed by atoms with Crippen LogP contribution >= 0.6 is 0 Å². The highest BCUT2D eigenvalue weighted by atomic mass is 16.5. The Bertz CT molecular complexity index is 564. The quantitative estimate of drug-likeness (QED) is 0.925. The Morgan fingerprint density at radius 1 is 1.35 bits per heavy atom. The summed E-state index contributed by atoms with van der Waals surface area (Å²) in [4.78, 5) is 6.75. The molecule has 20 heavy (non-hydrogen) atoms. The van der Waals surface area contributed by atoms with Crippen LogP contribution in [0.1, 0.15) is 24.3 Å². The molecule has 2 N–H and O–H groups in total. The van der Waals surface area contributed by atoms with Crippen LogP contribution in [0, 0.1) is 6.92 Å². The number of hydrogen-bond acceptors (Lipinski definition) is 5. The van der Waals surface area contributed by atoms with Crippen LogP contribution in [0.2, 0.25) is 0 Å². The highest BCUT2D eigenvalue weighted by molar-refractivity contribution is 5.54. The predicted octanol–water partition coefficient (Wildman–Crippen LogP) is 1.97. The summed E-state index contributed by atoms with van der Waals surface area (Å²) in [5.41, 5.74) is 8.19. The molecular weight excluding hydrogens is 252 g/mol. The van der Waals surface area contributed by atoms with Gasteiger partial charge in [0.25, 0.3) is 0 Å². The third kappa shape index (κ3) is 3.05. The van der Waals surface area contributed by atoms with Gasteiger partial charge in [-0.15, -0.1) is 0 Å². The highest BCUT2D eigenvalue weighted by Gasteiger charge is 2.19. The minimum Gasteiger partial charge on any atom is -0.338 e. The molecule has 0 bridgehead atoms. The molecule has 1 aliphatic rings. The van der Waals surface area contributed by atoms with Gasteiger partial charge in [0.2, 0.25) is 11.7 Å². The van der Waals surface area contributed by atoms with Crippen LogP contribution < -0.4 is 5.73 Å². The maximum atomic E-state index is 5.98. The van der Waals surface area contributed by atoms with Crippen molar-refractivity contribution in [3.8, 4) is 11.4 Å². The van der Waals surface area contributed by atoms with E-state index >= 15 is 0 Å². The number of piperidine rings is 1. The Kier molecular flexibility index (Phi) is 3.80. The summed E-state index contributed by atoms with van der Waals surface area (Å²) in [5.74, 6) is 1.32. The van der Waals surface area contributed by atoms with Crippen LogP contribution in [-0.2, 0) is 6.54 Å². The first-order valence-corrected chi connectivity index (χ1v) is 7.08. The molecule has 1 aromatic carbocycles. The number of aryl methyl sites for hydroxylation is 1. The smallest absolute Gasteiger partial charge is 0.241 e. The summed E-state index contributed by atoms with van der Waals surface area (Å²) in [6.07, 6.45) is 2.25. The molecule has 2 aromatic rings. The number of nitrogens with zero attached hydrogens (tertiary/aromatic N) is 3. The fourth-order valence-electron chi connectivity index (χ4n) is 2.57. The zero-order valence-electron chi connectivity index (χ0n) is 11.7. The van der Waals surface area contributed by atoms with Gasteiger partial charge in [0, 0.05) is 18.2 Å². The molecule has 1 atom stereocenters. The summed E-state index contributed by atoms with van der Waals surface area (Å²) >= 11 is 0. The van der Waals surface area contributed by atoms with E-state index in [1.54, 1.807) is 0 Å². The van der Waals surface area contributed by atoms with Gasteiger partial charge in [-0.05, 0) is 26.3 Å². The van der Waals surface area contributed by atoms with E-state index < -0.39 is 0 Å². The third-order valence-corrected chi connectivity index (χ3v) is 3.68. The van der Waals surface area contributed by atoms with Crippen LogP contribution in [0.4, 0.5) is 0 Å². The SMILES string of the molecule is Cc1ccc(-c2noc(CN3CCCC(N)C3)n2)cc1. The number of hydrogen-bond donors (Lipinski definition) is 1. The molecule has 0 amide bonds. The lowest BCUT2D eigenvalue weighted by molar-refractivity contribution is 0.178. The second-order valence-corrected chi connectivity index (χ2v) is 5.52. The topological polar surface area (TPSA) is 68.2 Å². The number of nitrogens with two attached hydrogens (primary N) is 1. The molecule has 0 spiro atoms. The standard InChI is InChI=1S/C15H20N4O/c1-11-4-6-12(7-5-11)15-17-14(20-18-15)10-19-8-2-3-13(16)9-19/h4-7,13H,2-3,8-10,16H2,1H3. The van der Waals surface area contributed by atoms with Crippen LogP contribution in [0.15, 0.2) is 28.8 Å². The first kappa shape index (κ1) is 13.3. The van der Waals surface area contributed by atoms with E-state index in [0.29, 0.717) is 18.3 Å². The molecule has 5 heteroatoms. The minimum atomic E-state index is 0.267. The number of benzene rings is 1. The average Bonchev–Trinajstić information content (AvgIpc) is 2.88. The zero-order chi connectivity index (χ0) is 13.9. The number of rotatable bonds is 3. The van der Waals surface area contributed by atoms with Crippen molar-refractivity contribution in [1.29, 1.82) is 0 Å². The summed E-state index contributed by atoms with van der Waals surface area (Å²) in [6, 6.07) is 8.40. The Morgan fingerprint density at radius 2 is 2.15 bits per heavy atom. The summed E-state index contributed by atoms with van der Waals surface area (Å²) < 4.78 is 5.34. The van der Waals surface area contributed by atoms with Crippen molar-refractivity contribution in [2.24, 2.45) is 5.73 Å². The lowest BCUT2D eigenvalue weighted by Crippen LogP contribution is -2.42. The maximum absolute atomic E-state index is 5.98. The molecule has 0 aliphatic carbocycles. The fourth-order valence-corrected chi connectivity index (χ4v) is 2.57. The van der Waals surface area contributed by atoms with Gasteiger partial charge >= 0.3 is 0 Å². The summed E-state index contributed by atoms with van der Waals surface area (Å²) in [6.45, 7) is 4.70. The molecule has 2 heterocycles.